The van der Waals surface area contributed by atoms with Crippen LogP contribution in [0, 0.1) is 0 Å². The highest BCUT2D eigenvalue weighted by Gasteiger charge is 2.25. The van der Waals surface area contributed by atoms with Crippen LogP contribution >= 0.6 is 0 Å². The lowest BCUT2D eigenvalue weighted by atomic mass is 10.2. The Balaban J connectivity index is 1.64. The average molecular weight is 245 g/mol. The molecule has 5 nitrogen and oxygen atoms in total. The Morgan fingerprint density at radius 2 is 2.44 bits per heavy atom. The molecule has 1 unspecified atom stereocenters. The van der Waals surface area contributed by atoms with Gasteiger partial charge in [-0.2, -0.15) is 0 Å². The molecule has 1 saturated carbocycles. The standard InChI is InChI=1S/C13H19N5/c1-2-12(13-15-5-6-16-13)17-8-11-7-14-9-18(11)10-3-4-10/h5-7,9-10,12,17H,2-4,8H2,1H3,(H,15,16). The first-order valence-corrected chi connectivity index (χ1v) is 6.62. The van der Waals surface area contributed by atoms with Crippen molar-refractivity contribution in [1.29, 1.82) is 0 Å². The molecule has 5 heteroatoms. The van der Waals surface area contributed by atoms with E-state index >= 15 is 0 Å². The average Bonchev–Trinajstić information content (AvgIpc) is 2.92. The van der Waals surface area contributed by atoms with Crippen molar-refractivity contribution in [2.24, 2.45) is 0 Å². The minimum atomic E-state index is 0.280. The fourth-order valence-corrected chi connectivity index (χ4v) is 2.28. The molecule has 2 aromatic rings. The topological polar surface area (TPSA) is 58.5 Å². The van der Waals surface area contributed by atoms with Gasteiger partial charge >= 0.3 is 0 Å². The summed E-state index contributed by atoms with van der Waals surface area (Å²) in [4.78, 5) is 11.7. The van der Waals surface area contributed by atoms with Gasteiger partial charge in [0.2, 0.25) is 0 Å². The van der Waals surface area contributed by atoms with E-state index in [0.717, 1.165) is 18.8 Å². The van der Waals surface area contributed by atoms with Gasteiger partial charge in [0.15, 0.2) is 0 Å². The summed E-state index contributed by atoms with van der Waals surface area (Å²) in [6.07, 6.45) is 11.2. The van der Waals surface area contributed by atoms with E-state index < -0.39 is 0 Å². The van der Waals surface area contributed by atoms with Crippen LogP contribution in [0.25, 0.3) is 0 Å². The van der Waals surface area contributed by atoms with Crippen LogP contribution in [0.5, 0.6) is 0 Å². The van der Waals surface area contributed by atoms with Gasteiger partial charge in [0.1, 0.15) is 5.82 Å². The molecule has 1 aliphatic carbocycles. The predicted octanol–water partition coefficient (Wildman–Crippen LogP) is 2.18. The van der Waals surface area contributed by atoms with E-state index in [4.69, 9.17) is 0 Å². The van der Waals surface area contributed by atoms with Crippen LogP contribution in [0.1, 0.15) is 49.8 Å². The van der Waals surface area contributed by atoms with Gasteiger partial charge in [-0.3, -0.25) is 0 Å². The molecule has 2 heterocycles. The Morgan fingerprint density at radius 1 is 1.56 bits per heavy atom. The molecule has 2 N–H and O–H groups in total. The second-order valence-electron chi connectivity index (χ2n) is 4.84. The highest BCUT2D eigenvalue weighted by atomic mass is 15.1. The van der Waals surface area contributed by atoms with Crippen molar-refractivity contribution in [1.82, 2.24) is 24.8 Å². The zero-order valence-corrected chi connectivity index (χ0v) is 10.6. The molecule has 0 radical (unpaired) electrons. The molecule has 3 rings (SSSR count). The van der Waals surface area contributed by atoms with E-state index in [0.29, 0.717) is 6.04 Å². The maximum absolute atomic E-state index is 4.32. The first kappa shape index (κ1) is 11.5. The number of H-pyrrole nitrogens is 1. The molecule has 0 aromatic carbocycles. The maximum atomic E-state index is 4.32. The maximum Gasteiger partial charge on any atom is 0.123 e. The minimum absolute atomic E-state index is 0.280. The molecule has 0 aliphatic heterocycles. The van der Waals surface area contributed by atoms with Crippen LogP contribution in [0.3, 0.4) is 0 Å². The highest BCUT2D eigenvalue weighted by molar-refractivity contribution is 5.04. The SMILES string of the molecule is CCC(NCc1cncn1C1CC1)c1ncc[nH]1. The lowest BCUT2D eigenvalue weighted by Gasteiger charge is -2.15. The molecule has 0 amide bonds. The van der Waals surface area contributed by atoms with Gasteiger partial charge in [0.25, 0.3) is 0 Å². The number of aromatic nitrogens is 4. The molecule has 2 aromatic heterocycles. The molecule has 18 heavy (non-hydrogen) atoms. The van der Waals surface area contributed by atoms with Gasteiger partial charge in [0, 0.05) is 31.2 Å². The van der Waals surface area contributed by atoms with Crippen LogP contribution < -0.4 is 5.32 Å². The Hall–Kier alpha value is -1.62. The third kappa shape index (κ3) is 2.31. The normalized spacial score (nSPS) is 16.9. The summed E-state index contributed by atoms with van der Waals surface area (Å²) in [5.41, 5.74) is 1.27. The Morgan fingerprint density at radius 3 is 3.11 bits per heavy atom. The molecule has 1 fully saturated rings. The van der Waals surface area contributed by atoms with E-state index in [2.05, 4.69) is 31.8 Å². The van der Waals surface area contributed by atoms with Crippen LogP contribution in [-0.2, 0) is 6.54 Å². The molecule has 0 bridgehead atoms. The van der Waals surface area contributed by atoms with E-state index in [-0.39, 0.29) is 6.04 Å². The highest BCUT2D eigenvalue weighted by Crippen LogP contribution is 2.35. The molecule has 0 saturated heterocycles. The van der Waals surface area contributed by atoms with Crippen molar-refractivity contribution >= 4 is 0 Å². The number of nitrogens with one attached hydrogen (secondary N) is 2. The van der Waals surface area contributed by atoms with Crippen LogP contribution in [0.4, 0.5) is 0 Å². The summed E-state index contributed by atoms with van der Waals surface area (Å²) in [6.45, 7) is 3.01. The molecular weight excluding hydrogens is 226 g/mol. The smallest absolute Gasteiger partial charge is 0.123 e. The van der Waals surface area contributed by atoms with E-state index in [1.165, 1.54) is 18.5 Å². The zero-order valence-electron chi connectivity index (χ0n) is 10.6. The number of rotatable bonds is 6. The van der Waals surface area contributed by atoms with E-state index in [9.17, 15) is 0 Å². The third-order valence-electron chi connectivity index (χ3n) is 3.47. The molecular formula is C13H19N5. The number of nitrogens with zero attached hydrogens (tertiary/aromatic N) is 3. The van der Waals surface area contributed by atoms with Gasteiger partial charge in [-0.15, -0.1) is 0 Å². The third-order valence-corrected chi connectivity index (χ3v) is 3.47. The van der Waals surface area contributed by atoms with Crippen LogP contribution in [0.15, 0.2) is 24.9 Å². The summed E-state index contributed by atoms with van der Waals surface area (Å²) in [5.74, 6) is 1.01. The van der Waals surface area contributed by atoms with Crippen molar-refractivity contribution in [2.45, 2.75) is 44.8 Å². The van der Waals surface area contributed by atoms with Crippen LogP contribution in [0.2, 0.25) is 0 Å². The lowest BCUT2D eigenvalue weighted by molar-refractivity contribution is 0.484. The van der Waals surface area contributed by atoms with Crippen molar-refractivity contribution in [3.63, 3.8) is 0 Å². The Bertz CT molecular complexity index is 483. The van der Waals surface area contributed by atoms with Gasteiger partial charge in [-0.05, 0) is 19.3 Å². The van der Waals surface area contributed by atoms with Crippen molar-refractivity contribution < 1.29 is 0 Å². The first-order valence-electron chi connectivity index (χ1n) is 6.62. The fourth-order valence-electron chi connectivity index (χ4n) is 2.28. The summed E-state index contributed by atoms with van der Waals surface area (Å²) >= 11 is 0. The monoisotopic (exact) mass is 245 g/mol. The minimum Gasteiger partial charge on any atom is -0.347 e. The quantitative estimate of drug-likeness (QED) is 0.820. The van der Waals surface area contributed by atoms with Crippen molar-refractivity contribution in [3.05, 3.63) is 36.4 Å². The molecule has 0 spiro atoms. The van der Waals surface area contributed by atoms with Crippen molar-refractivity contribution in [2.75, 3.05) is 0 Å². The summed E-state index contributed by atoms with van der Waals surface area (Å²) in [7, 11) is 0. The fraction of sp³-hybridized carbons (Fsp3) is 0.538. The van der Waals surface area contributed by atoms with E-state index in [1.54, 1.807) is 6.20 Å². The van der Waals surface area contributed by atoms with Gasteiger partial charge < -0.3 is 14.9 Å². The molecule has 1 aliphatic rings. The lowest BCUT2D eigenvalue weighted by Crippen LogP contribution is -2.22. The second kappa shape index (κ2) is 4.94. The van der Waals surface area contributed by atoms with Gasteiger partial charge in [-0.25, -0.2) is 9.97 Å². The largest absolute Gasteiger partial charge is 0.347 e. The number of imidazole rings is 2. The summed E-state index contributed by atoms with van der Waals surface area (Å²) in [5, 5.41) is 3.54. The number of aromatic amines is 1. The Labute approximate surface area is 107 Å². The molecule has 96 valence electrons. The zero-order chi connectivity index (χ0) is 12.4. The van der Waals surface area contributed by atoms with Crippen molar-refractivity contribution in [3.8, 4) is 0 Å². The van der Waals surface area contributed by atoms with Gasteiger partial charge in [0.05, 0.1) is 18.1 Å². The molecule has 1 atom stereocenters. The van der Waals surface area contributed by atoms with Crippen LogP contribution in [-0.4, -0.2) is 19.5 Å². The van der Waals surface area contributed by atoms with Gasteiger partial charge in [-0.1, -0.05) is 6.92 Å². The number of hydrogen-bond donors (Lipinski definition) is 2. The summed E-state index contributed by atoms with van der Waals surface area (Å²) in [6, 6.07) is 0.968. The van der Waals surface area contributed by atoms with E-state index in [1.807, 2.05) is 18.7 Å². The summed E-state index contributed by atoms with van der Waals surface area (Å²) < 4.78 is 2.29. The second-order valence-corrected chi connectivity index (χ2v) is 4.84. The Kier molecular flexibility index (Phi) is 3.15. The first-order chi connectivity index (χ1) is 8.88. The number of hydrogen-bond acceptors (Lipinski definition) is 3. The predicted molar refractivity (Wildman–Crippen MR) is 69.0 cm³/mol.